The Bertz CT molecular complexity index is 802. The van der Waals surface area contributed by atoms with Gasteiger partial charge in [-0.3, -0.25) is 14.6 Å². The summed E-state index contributed by atoms with van der Waals surface area (Å²) < 4.78 is 26.8. The van der Waals surface area contributed by atoms with E-state index in [1.165, 1.54) is 6.26 Å². The standard InChI is InChI=1S/C16H23N5O2S/c1-3-7-20-12-14(10-19-20)16-15(17-5-6-18-16)9-13-4-8-21(11-13)24(2,22)23/h5-6,10,12-13H,3-4,7-9,11H2,1-2H3/t13-/m1/s1. The van der Waals surface area contributed by atoms with Crippen LogP contribution < -0.4 is 0 Å². The molecule has 3 rings (SSSR count). The molecule has 1 fully saturated rings. The van der Waals surface area contributed by atoms with E-state index < -0.39 is 10.0 Å². The molecule has 3 heterocycles. The van der Waals surface area contributed by atoms with Crippen molar-refractivity contribution in [1.82, 2.24) is 24.1 Å². The smallest absolute Gasteiger partial charge is 0.211 e. The van der Waals surface area contributed by atoms with Gasteiger partial charge in [-0.25, -0.2) is 12.7 Å². The molecule has 0 bridgehead atoms. The van der Waals surface area contributed by atoms with Gasteiger partial charge < -0.3 is 0 Å². The van der Waals surface area contributed by atoms with Crippen LogP contribution in [0.1, 0.15) is 25.5 Å². The summed E-state index contributed by atoms with van der Waals surface area (Å²) in [5.74, 6) is 0.279. The Morgan fingerprint density at radius 3 is 2.79 bits per heavy atom. The van der Waals surface area contributed by atoms with Gasteiger partial charge in [-0.2, -0.15) is 5.10 Å². The van der Waals surface area contributed by atoms with Crippen molar-refractivity contribution in [1.29, 1.82) is 0 Å². The second-order valence-corrected chi connectivity index (χ2v) is 8.31. The number of hydrogen-bond acceptors (Lipinski definition) is 5. The molecule has 8 heteroatoms. The van der Waals surface area contributed by atoms with E-state index in [9.17, 15) is 8.42 Å². The molecule has 0 spiro atoms. The highest BCUT2D eigenvalue weighted by Gasteiger charge is 2.29. The van der Waals surface area contributed by atoms with Crippen molar-refractivity contribution >= 4 is 10.0 Å². The van der Waals surface area contributed by atoms with Gasteiger partial charge in [-0.1, -0.05) is 6.92 Å². The van der Waals surface area contributed by atoms with Crippen molar-refractivity contribution in [3.63, 3.8) is 0 Å². The summed E-state index contributed by atoms with van der Waals surface area (Å²) >= 11 is 0. The van der Waals surface area contributed by atoms with E-state index in [0.717, 1.165) is 42.8 Å². The maximum absolute atomic E-state index is 11.7. The first-order chi connectivity index (χ1) is 11.5. The van der Waals surface area contributed by atoms with Gasteiger partial charge in [0.15, 0.2) is 0 Å². The number of sulfonamides is 1. The van der Waals surface area contributed by atoms with Gasteiger partial charge >= 0.3 is 0 Å². The molecular formula is C16H23N5O2S. The Balaban J connectivity index is 1.77. The highest BCUT2D eigenvalue weighted by atomic mass is 32.2. The number of rotatable bonds is 6. The minimum Gasteiger partial charge on any atom is -0.272 e. The first kappa shape index (κ1) is 17.0. The first-order valence-corrected chi connectivity index (χ1v) is 10.1. The van der Waals surface area contributed by atoms with Crippen molar-refractivity contribution in [3.8, 4) is 11.3 Å². The van der Waals surface area contributed by atoms with Gasteiger partial charge in [-0.15, -0.1) is 0 Å². The highest BCUT2D eigenvalue weighted by Crippen LogP contribution is 2.26. The maximum atomic E-state index is 11.7. The number of aryl methyl sites for hydroxylation is 1. The highest BCUT2D eigenvalue weighted by molar-refractivity contribution is 7.88. The summed E-state index contributed by atoms with van der Waals surface area (Å²) in [6, 6.07) is 0. The molecule has 1 atom stereocenters. The summed E-state index contributed by atoms with van der Waals surface area (Å²) in [5.41, 5.74) is 2.72. The number of aromatic nitrogens is 4. The summed E-state index contributed by atoms with van der Waals surface area (Å²) in [6.07, 6.45) is 11.1. The molecular weight excluding hydrogens is 326 g/mol. The number of nitrogens with zero attached hydrogens (tertiary/aromatic N) is 5. The van der Waals surface area contributed by atoms with Crippen LogP contribution in [-0.4, -0.2) is 51.8 Å². The molecule has 0 aromatic carbocycles. The van der Waals surface area contributed by atoms with Gasteiger partial charge in [0.1, 0.15) is 0 Å². The lowest BCUT2D eigenvalue weighted by atomic mass is 10.00. The van der Waals surface area contributed by atoms with Crippen molar-refractivity contribution in [2.75, 3.05) is 19.3 Å². The van der Waals surface area contributed by atoms with Crippen molar-refractivity contribution < 1.29 is 8.42 Å². The van der Waals surface area contributed by atoms with Gasteiger partial charge in [0.25, 0.3) is 0 Å². The topological polar surface area (TPSA) is 81.0 Å². The van der Waals surface area contributed by atoms with Crippen molar-refractivity contribution in [3.05, 3.63) is 30.5 Å². The lowest BCUT2D eigenvalue weighted by Crippen LogP contribution is -2.27. The monoisotopic (exact) mass is 349 g/mol. The van der Waals surface area contributed by atoms with Crippen molar-refractivity contribution in [2.24, 2.45) is 5.92 Å². The van der Waals surface area contributed by atoms with E-state index in [0.29, 0.717) is 13.1 Å². The Morgan fingerprint density at radius 1 is 1.29 bits per heavy atom. The molecule has 1 saturated heterocycles. The third kappa shape index (κ3) is 3.81. The van der Waals surface area contributed by atoms with Crippen LogP contribution in [0, 0.1) is 5.92 Å². The quantitative estimate of drug-likeness (QED) is 0.791. The number of hydrogen-bond donors (Lipinski definition) is 0. The van der Waals surface area contributed by atoms with Crippen molar-refractivity contribution in [2.45, 2.75) is 32.7 Å². The zero-order valence-electron chi connectivity index (χ0n) is 14.1. The van der Waals surface area contributed by atoms with E-state index in [2.05, 4.69) is 22.0 Å². The van der Waals surface area contributed by atoms with E-state index in [4.69, 9.17) is 0 Å². The molecule has 0 unspecified atom stereocenters. The van der Waals surface area contributed by atoms with Gasteiger partial charge in [-0.05, 0) is 25.2 Å². The molecule has 130 valence electrons. The normalized spacial score (nSPS) is 19.0. The zero-order chi connectivity index (χ0) is 17.2. The van der Waals surface area contributed by atoms with E-state index in [1.807, 2.05) is 17.1 Å². The fourth-order valence-electron chi connectivity index (χ4n) is 3.13. The lowest BCUT2D eigenvalue weighted by Gasteiger charge is -2.14. The van der Waals surface area contributed by atoms with Crippen LogP contribution in [0.25, 0.3) is 11.3 Å². The largest absolute Gasteiger partial charge is 0.272 e. The molecule has 1 aliphatic heterocycles. The molecule has 0 radical (unpaired) electrons. The SMILES string of the molecule is CCCn1cc(-c2nccnc2C[C@H]2CCN(S(C)(=O)=O)C2)cn1. The Morgan fingerprint density at radius 2 is 2.08 bits per heavy atom. The second kappa shape index (κ2) is 6.98. The zero-order valence-corrected chi connectivity index (χ0v) is 14.9. The molecule has 0 saturated carbocycles. The molecule has 0 amide bonds. The van der Waals surface area contributed by atoms with Crippen LogP contribution in [0.3, 0.4) is 0 Å². The predicted octanol–water partition coefficient (Wildman–Crippen LogP) is 1.57. The van der Waals surface area contributed by atoms with Crippen LogP contribution in [0.2, 0.25) is 0 Å². The minimum absolute atomic E-state index is 0.279. The molecule has 2 aromatic heterocycles. The van der Waals surface area contributed by atoms with Crippen LogP contribution in [-0.2, 0) is 23.0 Å². The average Bonchev–Trinajstić information content (AvgIpc) is 3.17. The van der Waals surface area contributed by atoms with Crippen LogP contribution in [0.15, 0.2) is 24.8 Å². The Hall–Kier alpha value is -1.80. The molecule has 1 aliphatic rings. The minimum atomic E-state index is -3.11. The van der Waals surface area contributed by atoms with Gasteiger partial charge in [0.2, 0.25) is 10.0 Å². The first-order valence-electron chi connectivity index (χ1n) is 8.25. The molecule has 2 aromatic rings. The van der Waals surface area contributed by atoms with E-state index in [-0.39, 0.29) is 5.92 Å². The third-order valence-corrected chi connectivity index (χ3v) is 5.60. The van der Waals surface area contributed by atoms with Gasteiger partial charge in [0, 0.05) is 43.8 Å². The summed E-state index contributed by atoms with van der Waals surface area (Å²) in [6.45, 7) is 4.14. The predicted molar refractivity (Wildman–Crippen MR) is 91.8 cm³/mol. The molecule has 7 nitrogen and oxygen atoms in total. The van der Waals surface area contributed by atoms with Crippen LogP contribution >= 0.6 is 0 Å². The maximum Gasteiger partial charge on any atom is 0.211 e. The Labute approximate surface area is 142 Å². The summed E-state index contributed by atoms with van der Waals surface area (Å²) in [7, 11) is -3.11. The Kier molecular flexibility index (Phi) is 4.96. The summed E-state index contributed by atoms with van der Waals surface area (Å²) in [4.78, 5) is 8.98. The summed E-state index contributed by atoms with van der Waals surface area (Å²) in [5, 5.41) is 4.36. The molecule has 24 heavy (non-hydrogen) atoms. The van der Waals surface area contributed by atoms with Crippen LogP contribution in [0.4, 0.5) is 0 Å². The van der Waals surface area contributed by atoms with E-state index in [1.54, 1.807) is 16.7 Å². The third-order valence-electron chi connectivity index (χ3n) is 4.33. The fraction of sp³-hybridized carbons (Fsp3) is 0.562. The lowest BCUT2D eigenvalue weighted by molar-refractivity contribution is 0.459. The fourth-order valence-corrected chi connectivity index (χ4v) is 4.05. The second-order valence-electron chi connectivity index (χ2n) is 6.32. The molecule has 0 aliphatic carbocycles. The molecule has 0 N–H and O–H groups in total. The van der Waals surface area contributed by atoms with Gasteiger partial charge in [0.05, 0.1) is 23.8 Å². The average molecular weight is 349 g/mol. The van der Waals surface area contributed by atoms with E-state index >= 15 is 0 Å². The van der Waals surface area contributed by atoms with Crippen LogP contribution in [0.5, 0.6) is 0 Å².